The highest BCUT2D eigenvalue weighted by atomic mass is 16.6. The summed E-state index contributed by atoms with van der Waals surface area (Å²) < 4.78 is 15.8. The number of rotatable bonds is 2. The highest BCUT2D eigenvalue weighted by Gasteiger charge is 2.89. The van der Waals surface area contributed by atoms with Gasteiger partial charge in [0.2, 0.25) is 5.60 Å². The van der Waals surface area contributed by atoms with Crippen LogP contribution in [-0.2, 0) is 19.7 Å². The highest BCUT2D eigenvalue weighted by molar-refractivity contribution is 6.01. The lowest BCUT2D eigenvalue weighted by atomic mass is 9.37. The number of aliphatic hydroxyl groups excluding tert-OH is 1. The molecule has 6 aliphatic rings. The van der Waals surface area contributed by atoms with Gasteiger partial charge in [-0.2, -0.15) is 0 Å². The van der Waals surface area contributed by atoms with Crippen molar-refractivity contribution in [2.24, 2.45) is 5.41 Å². The maximum absolute atomic E-state index is 13.5. The fourth-order valence-corrected chi connectivity index (χ4v) is 8.48. The van der Waals surface area contributed by atoms with Crippen molar-refractivity contribution < 1.29 is 39.1 Å². The number of hydrogen-bond donors (Lipinski definition) is 3. The summed E-state index contributed by atoms with van der Waals surface area (Å²) in [4.78, 5) is 30.5. The molecule has 6 unspecified atom stereocenters. The fraction of sp³-hybridized carbons (Fsp3) is 0.583. The van der Waals surface area contributed by atoms with Crippen molar-refractivity contribution in [1.29, 1.82) is 0 Å². The first kappa shape index (κ1) is 21.7. The van der Waals surface area contributed by atoms with Crippen molar-refractivity contribution in [3.8, 4) is 11.5 Å². The van der Waals surface area contributed by atoms with Gasteiger partial charge in [-0.15, -0.1) is 0 Å². The van der Waals surface area contributed by atoms with Gasteiger partial charge in [-0.3, -0.25) is 9.80 Å². The van der Waals surface area contributed by atoms with Crippen molar-refractivity contribution >= 4 is 17.7 Å². The Morgan fingerprint density at radius 3 is 2.56 bits per heavy atom. The van der Waals surface area contributed by atoms with E-state index in [-0.39, 0.29) is 29.6 Å². The minimum absolute atomic E-state index is 0.0463. The lowest BCUT2D eigenvalue weighted by molar-refractivity contribution is -0.262. The van der Waals surface area contributed by atoms with Crippen LogP contribution in [0.1, 0.15) is 24.8 Å². The Kier molecular flexibility index (Phi) is 4.11. The molecule has 7 rings (SSSR count). The second-order valence-electron chi connectivity index (χ2n) is 9.97. The third kappa shape index (κ3) is 1.84. The molecular formula is C24H28N2O8. The molecule has 3 aliphatic carbocycles. The monoisotopic (exact) mass is 472 g/mol. The Morgan fingerprint density at radius 2 is 1.88 bits per heavy atom. The van der Waals surface area contributed by atoms with Crippen LogP contribution in [0.4, 0.5) is 10.5 Å². The highest BCUT2D eigenvalue weighted by Crippen LogP contribution is 2.77. The van der Waals surface area contributed by atoms with E-state index >= 15 is 0 Å². The van der Waals surface area contributed by atoms with Crippen LogP contribution < -0.4 is 9.64 Å². The van der Waals surface area contributed by atoms with E-state index in [9.17, 15) is 24.9 Å². The van der Waals surface area contributed by atoms with Gasteiger partial charge in [-0.1, -0.05) is 18.2 Å². The fourth-order valence-electron chi connectivity index (χ4n) is 8.48. The molecule has 34 heavy (non-hydrogen) atoms. The summed E-state index contributed by atoms with van der Waals surface area (Å²) in [7, 11) is 3.75. The molecule has 1 saturated heterocycles. The molecule has 10 heteroatoms. The Hall–Kier alpha value is -2.82. The molecule has 0 radical (unpaired) electrons. The number of carbonyl (C=O) groups excluding carboxylic acids is 2. The second-order valence-corrected chi connectivity index (χ2v) is 9.97. The Balaban J connectivity index is 1.80. The Labute approximate surface area is 196 Å². The lowest BCUT2D eigenvalue weighted by Gasteiger charge is -2.72. The molecule has 1 amide bonds. The van der Waals surface area contributed by atoms with Gasteiger partial charge in [-0.05, 0) is 37.4 Å². The maximum Gasteiger partial charge on any atom is 0.414 e. The molecule has 3 heterocycles. The molecule has 2 bridgehead atoms. The zero-order valence-electron chi connectivity index (χ0n) is 19.3. The number of anilines is 1. The molecule has 3 saturated carbocycles. The minimum atomic E-state index is -2.47. The Morgan fingerprint density at radius 1 is 1.12 bits per heavy atom. The maximum atomic E-state index is 13.5. The predicted octanol–water partition coefficient (Wildman–Crippen LogP) is 0.667. The SMILES string of the molecule is COC(=O)N1c2c(ccc(O)c2OC)C23CCN4CC=CC5(CCC12C(O)(C(=O)OC)C5O)C43. The summed E-state index contributed by atoms with van der Waals surface area (Å²) in [6, 6.07) is 2.93. The van der Waals surface area contributed by atoms with Gasteiger partial charge >= 0.3 is 12.1 Å². The molecule has 6 atom stereocenters. The van der Waals surface area contributed by atoms with E-state index in [4.69, 9.17) is 14.2 Å². The number of aliphatic hydroxyl groups is 2. The third-order valence-corrected chi connectivity index (χ3v) is 9.35. The number of phenolic OH excluding ortho intramolecular Hbond substituents is 1. The average Bonchev–Trinajstić information content (AvgIpc) is 3.37. The van der Waals surface area contributed by atoms with Gasteiger partial charge in [0.1, 0.15) is 11.6 Å². The van der Waals surface area contributed by atoms with E-state index < -0.39 is 40.1 Å². The smallest absolute Gasteiger partial charge is 0.414 e. The summed E-state index contributed by atoms with van der Waals surface area (Å²) in [5.74, 6) is -1.16. The van der Waals surface area contributed by atoms with Crippen molar-refractivity contribution in [3.05, 3.63) is 29.8 Å². The summed E-state index contributed by atoms with van der Waals surface area (Å²) in [6.45, 7) is 1.29. The normalized spacial score (nSPS) is 41.0. The van der Waals surface area contributed by atoms with E-state index in [1.54, 1.807) is 6.07 Å². The molecular weight excluding hydrogens is 444 g/mol. The zero-order chi connectivity index (χ0) is 24.3. The summed E-state index contributed by atoms with van der Waals surface area (Å²) in [5.41, 5.74) is -5.07. The van der Waals surface area contributed by atoms with E-state index in [1.807, 2.05) is 12.2 Å². The van der Waals surface area contributed by atoms with E-state index in [2.05, 4.69) is 4.90 Å². The molecule has 182 valence electrons. The first-order chi connectivity index (χ1) is 16.2. The molecule has 3 aliphatic heterocycles. The van der Waals surface area contributed by atoms with Crippen LogP contribution in [0, 0.1) is 5.41 Å². The van der Waals surface area contributed by atoms with Crippen LogP contribution in [0.25, 0.3) is 0 Å². The third-order valence-electron chi connectivity index (χ3n) is 9.35. The van der Waals surface area contributed by atoms with E-state index in [0.29, 0.717) is 31.5 Å². The molecule has 1 aromatic rings. The van der Waals surface area contributed by atoms with E-state index in [1.165, 1.54) is 25.2 Å². The van der Waals surface area contributed by atoms with Gasteiger partial charge in [0.25, 0.3) is 0 Å². The predicted molar refractivity (Wildman–Crippen MR) is 118 cm³/mol. The summed E-state index contributed by atoms with van der Waals surface area (Å²) >= 11 is 0. The topological polar surface area (TPSA) is 129 Å². The molecule has 0 aromatic heterocycles. The molecule has 10 nitrogen and oxygen atoms in total. The van der Waals surface area contributed by atoms with Crippen LogP contribution in [0.5, 0.6) is 11.5 Å². The van der Waals surface area contributed by atoms with Crippen molar-refractivity contribution in [2.45, 2.75) is 48.0 Å². The van der Waals surface area contributed by atoms with Crippen LogP contribution in [0.2, 0.25) is 0 Å². The number of amides is 1. The molecule has 1 aromatic carbocycles. The zero-order valence-corrected chi connectivity index (χ0v) is 19.3. The average molecular weight is 472 g/mol. The Bertz CT molecular complexity index is 1150. The van der Waals surface area contributed by atoms with Crippen molar-refractivity contribution in [2.75, 3.05) is 39.3 Å². The number of carbonyl (C=O) groups is 2. The summed E-state index contributed by atoms with van der Waals surface area (Å²) in [5, 5.41) is 34.9. The van der Waals surface area contributed by atoms with Crippen molar-refractivity contribution in [1.82, 2.24) is 4.90 Å². The quantitative estimate of drug-likeness (QED) is 0.420. The number of ether oxygens (including phenoxy) is 3. The van der Waals surface area contributed by atoms with Gasteiger partial charge in [-0.25, -0.2) is 9.59 Å². The first-order valence-electron chi connectivity index (χ1n) is 11.4. The number of esters is 1. The van der Waals surface area contributed by atoms with Gasteiger partial charge in [0.05, 0.1) is 27.0 Å². The number of phenols is 1. The largest absolute Gasteiger partial charge is 0.504 e. The van der Waals surface area contributed by atoms with Crippen molar-refractivity contribution in [3.63, 3.8) is 0 Å². The van der Waals surface area contributed by atoms with Gasteiger partial charge in [0, 0.05) is 23.4 Å². The molecule has 3 N–H and O–H groups in total. The van der Waals surface area contributed by atoms with E-state index in [0.717, 1.165) is 7.11 Å². The first-order valence-corrected chi connectivity index (χ1v) is 11.4. The number of methoxy groups -OCH3 is 3. The van der Waals surface area contributed by atoms with Crippen LogP contribution in [-0.4, -0.2) is 90.0 Å². The van der Waals surface area contributed by atoms with Crippen LogP contribution >= 0.6 is 0 Å². The second kappa shape index (κ2) is 6.44. The molecule has 3 spiro atoms. The number of fused-ring (bicyclic) bond motifs is 3. The van der Waals surface area contributed by atoms with Crippen LogP contribution in [0.15, 0.2) is 24.3 Å². The number of benzene rings is 1. The lowest BCUT2D eigenvalue weighted by Crippen LogP contribution is -2.90. The number of aromatic hydroxyl groups is 1. The van der Waals surface area contributed by atoms with Gasteiger partial charge < -0.3 is 29.5 Å². The summed E-state index contributed by atoms with van der Waals surface area (Å²) in [6.07, 6.45) is 2.69. The van der Waals surface area contributed by atoms with Gasteiger partial charge in [0.15, 0.2) is 11.5 Å². The molecule has 4 fully saturated rings. The van der Waals surface area contributed by atoms with Crippen LogP contribution in [0.3, 0.4) is 0 Å². The number of nitrogens with zero attached hydrogens (tertiary/aromatic N) is 2. The minimum Gasteiger partial charge on any atom is -0.504 e. The standard InChI is InChI=1S/C24H28N2O8/c1-32-16-14(27)6-5-13-15(16)26(20(30)34-3)23-9-8-21(18(28)24(23,31)19(29)33-2)7-4-11-25-12-10-22(13,23)17(21)25/h4-7,17-18,27-28,31H,8-12H2,1-3H3. The number of hydrogen-bond acceptors (Lipinski definition) is 9.